The van der Waals surface area contributed by atoms with Crippen molar-refractivity contribution >= 4 is 38.2 Å². The van der Waals surface area contributed by atoms with E-state index in [9.17, 15) is 18.0 Å². The molecule has 10 heteroatoms. The van der Waals surface area contributed by atoms with Crippen LogP contribution in [0.5, 0.6) is 0 Å². The summed E-state index contributed by atoms with van der Waals surface area (Å²) in [5.41, 5.74) is 3.08. The number of nitrogens with one attached hydrogen (secondary N) is 1. The maximum Gasteiger partial charge on any atom is 0.256 e. The first-order valence-electron chi connectivity index (χ1n) is 11.5. The van der Waals surface area contributed by atoms with E-state index in [1.165, 1.54) is 60.2 Å². The zero-order valence-electron chi connectivity index (χ0n) is 20.8. The van der Waals surface area contributed by atoms with Crippen LogP contribution in [0.4, 0.5) is 5.00 Å². The first kappa shape index (κ1) is 26.0. The minimum absolute atomic E-state index is 0.109. The molecule has 0 aliphatic carbocycles. The number of hydrogen-bond donors (Lipinski definition) is 1. The Bertz CT molecular complexity index is 1360. The zero-order chi connectivity index (χ0) is 26.0. The molecule has 0 bridgehead atoms. The Hall–Kier alpha value is -3.05. The van der Waals surface area contributed by atoms with Gasteiger partial charge in [0.25, 0.3) is 11.8 Å². The second kappa shape index (κ2) is 10.5. The van der Waals surface area contributed by atoms with E-state index in [2.05, 4.69) is 22.3 Å². The van der Waals surface area contributed by atoms with E-state index in [0.29, 0.717) is 22.7 Å². The first-order valence-corrected chi connectivity index (χ1v) is 13.8. The Labute approximate surface area is 216 Å². The van der Waals surface area contributed by atoms with Gasteiger partial charge in [0.1, 0.15) is 5.00 Å². The van der Waals surface area contributed by atoms with Crippen molar-refractivity contribution in [3.63, 3.8) is 0 Å². The normalized spacial score (nSPS) is 13.9. The summed E-state index contributed by atoms with van der Waals surface area (Å²) >= 11 is 1.43. The Balaban J connectivity index is 1.58. The number of fused-ring (bicyclic) bond motifs is 1. The SMILES string of the molecule is CN(C)C(=O)c1c(NC(=O)c2ccc(S(=O)(=O)N(C)C)cc2)sc2c1CCN(Cc1ccccc1)C2. The minimum atomic E-state index is -3.59. The number of anilines is 1. The highest BCUT2D eigenvalue weighted by Crippen LogP contribution is 2.38. The lowest BCUT2D eigenvalue weighted by Crippen LogP contribution is -2.31. The van der Waals surface area contributed by atoms with Gasteiger partial charge in [-0.3, -0.25) is 14.5 Å². The van der Waals surface area contributed by atoms with Gasteiger partial charge in [0, 0.05) is 58.3 Å². The highest BCUT2D eigenvalue weighted by molar-refractivity contribution is 7.89. The van der Waals surface area contributed by atoms with Gasteiger partial charge in [0.2, 0.25) is 10.0 Å². The number of nitrogens with zero attached hydrogens (tertiary/aromatic N) is 3. The summed E-state index contributed by atoms with van der Waals surface area (Å²) in [6, 6.07) is 16.0. The molecular formula is C26H30N4O4S2. The van der Waals surface area contributed by atoms with Crippen LogP contribution in [0.2, 0.25) is 0 Å². The molecule has 0 fully saturated rings. The van der Waals surface area contributed by atoms with E-state index in [4.69, 9.17) is 0 Å². The standard InChI is InChI=1S/C26H30N4O4S2/c1-28(2)26(32)23-21-14-15-30(16-18-8-6-5-7-9-18)17-22(21)35-25(23)27-24(31)19-10-12-20(13-11-19)36(33,34)29(3)4/h5-13H,14-17H2,1-4H3,(H,27,31). The van der Waals surface area contributed by atoms with Crippen LogP contribution in [0.3, 0.4) is 0 Å². The Morgan fingerprint density at radius 2 is 1.67 bits per heavy atom. The summed E-state index contributed by atoms with van der Waals surface area (Å²) in [5.74, 6) is -0.539. The fourth-order valence-electron chi connectivity index (χ4n) is 4.14. The van der Waals surface area contributed by atoms with Gasteiger partial charge in [-0.25, -0.2) is 12.7 Å². The molecule has 2 heterocycles. The maximum absolute atomic E-state index is 13.1. The van der Waals surface area contributed by atoms with Crippen molar-refractivity contribution < 1.29 is 18.0 Å². The lowest BCUT2D eigenvalue weighted by molar-refractivity contribution is 0.0827. The second-order valence-electron chi connectivity index (χ2n) is 9.12. The molecule has 3 aromatic rings. The van der Waals surface area contributed by atoms with Gasteiger partial charge in [0.15, 0.2) is 0 Å². The average molecular weight is 527 g/mol. The average Bonchev–Trinajstić information content (AvgIpc) is 3.20. The fourth-order valence-corrected chi connectivity index (χ4v) is 6.31. The van der Waals surface area contributed by atoms with Gasteiger partial charge in [0.05, 0.1) is 10.5 Å². The minimum Gasteiger partial charge on any atom is -0.345 e. The van der Waals surface area contributed by atoms with Crippen LogP contribution >= 0.6 is 11.3 Å². The van der Waals surface area contributed by atoms with E-state index < -0.39 is 15.9 Å². The van der Waals surface area contributed by atoms with Crippen molar-refractivity contribution in [1.29, 1.82) is 0 Å². The van der Waals surface area contributed by atoms with Crippen LogP contribution in [0.25, 0.3) is 0 Å². The third-order valence-corrected chi connectivity index (χ3v) is 9.09. The molecule has 0 atom stereocenters. The zero-order valence-corrected chi connectivity index (χ0v) is 22.4. The Morgan fingerprint density at radius 1 is 1.00 bits per heavy atom. The Kier molecular flexibility index (Phi) is 7.60. The number of hydrogen-bond acceptors (Lipinski definition) is 6. The van der Waals surface area contributed by atoms with Gasteiger partial charge in [-0.15, -0.1) is 11.3 Å². The van der Waals surface area contributed by atoms with Crippen LogP contribution in [-0.4, -0.2) is 69.1 Å². The van der Waals surface area contributed by atoms with Crippen LogP contribution in [-0.2, 0) is 29.5 Å². The van der Waals surface area contributed by atoms with E-state index in [-0.39, 0.29) is 10.8 Å². The quantitative estimate of drug-likeness (QED) is 0.509. The molecule has 1 aliphatic rings. The van der Waals surface area contributed by atoms with Crippen molar-refractivity contribution in [3.8, 4) is 0 Å². The van der Waals surface area contributed by atoms with Crippen LogP contribution in [0, 0.1) is 0 Å². The summed E-state index contributed by atoms with van der Waals surface area (Å²) in [7, 11) is 2.73. The van der Waals surface area contributed by atoms with Crippen LogP contribution in [0.15, 0.2) is 59.5 Å². The molecule has 0 unspecified atom stereocenters. The van der Waals surface area contributed by atoms with E-state index in [0.717, 1.165) is 34.3 Å². The van der Waals surface area contributed by atoms with Crippen molar-refractivity contribution in [3.05, 3.63) is 81.7 Å². The number of amides is 2. The molecule has 2 aromatic carbocycles. The molecule has 4 rings (SSSR count). The second-order valence-corrected chi connectivity index (χ2v) is 12.4. The van der Waals surface area contributed by atoms with Crippen molar-refractivity contribution in [2.24, 2.45) is 0 Å². The van der Waals surface area contributed by atoms with Gasteiger partial charge in [-0.1, -0.05) is 30.3 Å². The van der Waals surface area contributed by atoms with E-state index >= 15 is 0 Å². The van der Waals surface area contributed by atoms with Gasteiger partial charge in [-0.05, 0) is 41.8 Å². The summed E-state index contributed by atoms with van der Waals surface area (Å²) in [6.45, 7) is 2.34. The fraction of sp³-hybridized carbons (Fsp3) is 0.308. The number of thiophene rings is 1. The predicted molar refractivity (Wildman–Crippen MR) is 142 cm³/mol. The maximum atomic E-state index is 13.1. The van der Waals surface area contributed by atoms with E-state index in [1.807, 2.05) is 18.2 Å². The van der Waals surface area contributed by atoms with Crippen molar-refractivity contribution in [1.82, 2.24) is 14.1 Å². The highest BCUT2D eigenvalue weighted by Gasteiger charge is 2.30. The molecule has 0 radical (unpaired) electrons. The van der Waals surface area contributed by atoms with Crippen LogP contribution < -0.4 is 5.32 Å². The third kappa shape index (κ3) is 5.36. The first-order chi connectivity index (χ1) is 17.1. The number of sulfonamides is 1. The summed E-state index contributed by atoms with van der Waals surface area (Å²) in [6.07, 6.45) is 0.723. The molecule has 0 spiro atoms. The largest absolute Gasteiger partial charge is 0.345 e. The molecular weight excluding hydrogens is 496 g/mol. The van der Waals surface area contributed by atoms with Crippen molar-refractivity contribution in [2.75, 3.05) is 40.1 Å². The molecule has 2 amide bonds. The monoisotopic (exact) mass is 526 g/mol. The summed E-state index contributed by atoms with van der Waals surface area (Å²) in [4.78, 5) is 31.2. The molecule has 1 aromatic heterocycles. The molecule has 1 aliphatic heterocycles. The summed E-state index contributed by atoms with van der Waals surface area (Å²) in [5, 5.41) is 3.44. The molecule has 0 saturated heterocycles. The van der Waals surface area contributed by atoms with Gasteiger partial charge >= 0.3 is 0 Å². The Morgan fingerprint density at radius 3 is 2.28 bits per heavy atom. The predicted octanol–water partition coefficient (Wildman–Crippen LogP) is 3.51. The third-order valence-electron chi connectivity index (χ3n) is 6.13. The number of benzene rings is 2. The molecule has 0 saturated carbocycles. The van der Waals surface area contributed by atoms with Crippen LogP contribution in [0.1, 0.15) is 36.7 Å². The molecule has 36 heavy (non-hydrogen) atoms. The topological polar surface area (TPSA) is 90.0 Å². The highest BCUT2D eigenvalue weighted by atomic mass is 32.2. The lowest BCUT2D eigenvalue weighted by atomic mass is 10.0. The molecule has 190 valence electrons. The summed E-state index contributed by atoms with van der Waals surface area (Å²) < 4.78 is 25.8. The molecule has 8 nitrogen and oxygen atoms in total. The van der Waals surface area contributed by atoms with Gasteiger partial charge in [-0.2, -0.15) is 0 Å². The number of rotatable bonds is 7. The number of carbonyl (C=O) groups is 2. The number of carbonyl (C=O) groups excluding carboxylic acids is 2. The molecule has 1 N–H and O–H groups in total. The van der Waals surface area contributed by atoms with E-state index in [1.54, 1.807) is 14.1 Å². The smallest absolute Gasteiger partial charge is 0.256 e. The van der Waals surface area contributed by atoms with Gasteiger partial charge < -0.3 is 10.2 Å². The van der Waals surface area contributed by atoms with Crippen molar-refractivity contribution in [2.45, 2.75) is 24.4 Å². The lowest BCUT2D eigenvalue weighted by Gasteiger charge is -2.27.